The molecule has 6 amide bonds. The first kappa shape index (κ1) is 44.1. The average Bonchev–Trinajstić information content (AvgIpc) is 4.06. The van der Waals surface area contributed by atoms with Crippen molar-refractivity contribution in [1.82, 2.24) is 40.4 Å². The highest BCUT2D eigenvalue weighted by Gasteiger charge is 2.62. The van der Waals surface area contributed by atoms with Crippen LogP contribution in [0.25, 0.3) is 0 Å². The summed E-state index contributed by atoms with van der Waals surface area (Å²) in [5.41, 5.74) is -0.779. The summed E-state index contributed by atoms with van der Waals surface area (Å²) >= 11 is 0. The molecule has 2 aromatic rings. The van der Waals surface area contributed by atoms with Crippen LogP contribution in [-0.4, -0.2) is 112 Å². The van der Waals surface area contributed by atoms with Crippen molar-refractivity contribution in [1.29, 1.82) is 0 Å². The van der Waals surface area contributed by atoms with Gasteiger partial charge in [0.25, 0.3) is 11.8 Å². The molecule has 20 heteroatoms. The molecule has 8 rings (SSSR count). The third-order valence-corrected chi connectivity index (χ3v) is 15.1. The molecule has 4 fully saturated rings. The van der Waals surface area contributed by atoms with E-state index in [4.69, 9.17) is 14.2 Å². The summed E-state index contributed by atoms with van der Waals surface area (Å²) in [6, 6.07) is 0.103. The van der Waals surface area contributed by atoms with E-state index in [0.29, 0.717) is 43.6 Å². The number of likely N-dealkylation sites (tertiary alicyclic amines) is 1. The van der Waals surface area contributed by atoms with E-state index < -0.39 is 86.1 Å². The molecule has 6 aliphatic rings. The lowest BCUT2D eigenvalue weighted by molar-refractivity contribution is -0.145. The normalized spacial score (nSPS) is 25.0. The molecule has 1 saturated heterocycles. The zero-order valence-electron chi connectivity index (χ0n) is 36.0. The predicted octanol–water partition coefficient (Wildman–Crippen LogP) is 2.43. The SMILES string of the molecule is CC[C@H]1C[C@@]1(NC(=O)[C@@H]1C[C@@H](OC(=O)N2Cc3ccc4c(c3C2)OCO4)CN1C(=O)[C@@H](NC(=O)[C@@H](NC(=O)c1cnccn1)C1CCCCC1)C(C)(C)C)C(=O)NS(=O)(=O)C1CC1. The number of sulfonamides is 1. The van der Waals surface area contributed by atoms with Gasteiger partial charge in [-0.2, -0.15) is 0 Å². The quantitative estimate of drug-likeness (QED) is 0.226. The number of carbonyl (C=O) groups is 6. The zero-order chi connectivity index (χ0) is 44.8. The van der Waals surface area contributed by atoms with Crippen molar-refractivity contribution in [2.45, 2.75) is 140 Å². The highest BCUT2D eigenvalue weighted by molar-refractivity contribution is 7.91. The molecule has 4 heterocycles. The van der Waals surface area contributed by atoms with Crippen LogP contribution in [0.1, 0.15) is 114 Å². The van der Waals surface area contributed by atoms with Gasteiger partial charge in [0.2, 0.25) is 34.5 Å². The van der Waals surface area contributed by atoms with Gasteiger partial charge in [-0.05, 0) is 61.0 Å². The van der Waals surface area contributed by atoms with Crippen LogP contribution in [0.3, 0.4) is 0 Å². The molecule has 3 saturated carbocycles. The van der Waals surface area contributed by atoms with Crippen LogP contribution < -0.4 is 30.1 Å². The van der Waals surface area contributed by atoms with Crippen molar-refractivity contribution in [3.63, 3.8) is 0 Å². The number of rotatable bonds is 13. The number of ether oxygens (including phenoxy) is 3. The van der Waals surface area contributed by atoms with E-state index in [2.05, 4.69) is 30.6 Å². The lowest BCUT2D eigenvalue weighted by atomic mass is 9.82. The summed E-state index contributed by atoms with van der Waals surface area (Å²) < 4.78 is 45.1. The summed E-state index contributed by atoms with van der Waals surface area (Å²) in [6.07, 6.45) is 7.91. The monoisotopic (exact) mass is 892 g/mol. The number of amides is 6. The van der Waals surface area contributed by atoms with Crippen molar-refractivity contribution in [2.75, 3.05) is 13.3 Å². The molecular formula is C43H56N8O11S. The van der Waals surface area contributed by atoms with Crippen LogP contribution in [0.4, 0.5) is 4.79 Å². The van der Waals surface area contributed by atoms with Crippen LogP contribution >= 0.6 is 0 Å². The average molecular weight is 893 g/mol. The first-order chi connectivity index (χ1) is 30.0. The van der Waals surface area contributed by atoms with E-state index in [1.807, 2.05) is 13.0 Å². The molecule has 3 aliphatic heterocycles. The Bertz CT molecular complexity index is 2260. The Balaban J connectivity index is 1.04. The van der Waals surface area contributed by atoms with E-state index in [1.54, 1.807) is 26.8 Å². The second-order valence-corrected chi connectivity index (χ2v) is 20.7. The molecule has 0 radical (unpaired) electrons. The Hall–Kier alpha value is -5.53. The first-order valence-electron chi connectivity index (χ1n) is 21.9. The van der Waals surface area contributed by atoms with Gasteiger partial charge in [-0.1, -0.05) is 59.4 Å². The lowest BCUT2D eigenvalue weighted by Crippen LogP contribution is -2.62. The Kier molecular flexibility index (Phi) is 12.0. The summed E-state index contributed by atoms with van der Waals surface area (Å²) in [6.45, 7) is 7.39. The lowest BCUT2D eigenvalue weighted by Gasteiger charge is -2.37. The zero-order valence-corrected chi connectivity index (χ0v) is 36.8. The number of hydrogen-bond acceptors (Lipinski definition) is 13. The minimum atomic E-state index is -3.94. The van der Waals surface area contributed by atoms with Crippen LogP contribution in [-0.2, 0) is 47.0 Å². The molecule has 0 bridgehead atoms. The second-order valence-electron chi connectivity index (χ2n) is 18.7. The van der Waals surface area contributed by atoms with Crippen LogP contribution in [0, 0.1) is 17.3 Å². The maximum absolute atomic E-state index is 15.0. The van der Waals surface area contributed by atoms with Crippen molar-refractivity contribution in [2.24, 2.45) is 17.3 Å². The van der Waals surface area contributed by atoms with Gasteiger partial charge in [0.1, 0.15) is 35.5 Å². The molecule has 340 valence electrons. The predicted molar refractivity (Wildman–Crippen MR) is 223 cm³/mol. The molecule has 1 aromatic carbocycles. The van der Waals surface area contributed by atoms with Crippen molar-refractivity contribution in [3.8, 4) is 11.5 Å². The third-order valence-electron chi connectivity index (χ3n) is 13.3. The minimum absolute atomic E-state index is 0.0303. The fraction of sp³-hybridized carbons (Fsp3) is 0.628. The van der Waals surface area contributed by atoms with Gasteiger partial charge < -0.3 is 35.1 Å². The van der Waals surface area contributed by atoms with Gasteiger partial charge >= 0.3 is 6.09 Å². The van der Waals surface area contributed by atoms with Crippen LogP contribution in [0.15, 0.2) is 30.7 Å². The Morgan fingerprint density at radius 1 is 0.984 bits per heavy atom. The first-order valence-corrected chi connectivity index (χ1v) is 23.5. The Morgan fingerprint density at radius 3 is 2.41 bits per heavy atom. The summed E-state index contributed by atoms with van der Waals surface area (Å²) in [4.78, 5) is 95.7. The molecule has 4 N–H and O–H groups in total. The fourth-order valence-electron chi connectivity index (χ4n) is 9.40. The smallest absolute Gasteiger partial charge is 0.410 e. The number of nitrogens with zero attached hydrogens (tertiary/aromatic N) is 4. The Labute approximate surface area is 366 Å². The maximum atomic E-state index is 15.0. The maximum Gasteiger partial charge on any atom is 0.410 e. The third kappa shape index (κ3) is 9.13. The van der Waals surface area contributed by atoms with E-state index in [9.17, 15) is 32.4 Å². The molecule has 0 unspecified atom stereocenters. The summed E-state index contributed by atoms with van der Waals surface area (Å²) in [7, 11) is -3.94. The number of aromatic nitrogens is 2. The molecule has 3 aliphatic carbocycles. The van der Waals surface area contributed by atoms with Crippen molar-refractivity contribution < 1.29 is 51.4 Å². The second kappa shape index (κ2) is 17.2. The van der Waals surface area contributed by atoms with Crippen molar-refractivity contribution in [3.05, 3.63) is 47.5 Å². The minimum Gasteiger partial charge on any atom is -0.454 e. The summed E-state index contributed by atoms with van der Waals surface area (Å²) in [5, 5.41) is 7.94. The summed E-state index contributed by atoms with van der Waals surface area (Å²) in [5.74, 6) is -2.81. The van der Waals surface area contributed by atoms with Gasteiger partial charge in [0.05, 0.1) is 24.5 Å². The molecule has 63 heavy (non-hydrogen) atoms. The topological polar surface area (TPSA) is 245 Å². The molecule has 19 nitrogen and oxygen atoms in total. The van der Waals surface area contributed by atoms with Gasteiger partial charge in [-0.25, -0.2) is 18.2 Å². The number of carbonyl (C=O) groups excluding carboxylic acids is 6. The molecule has 6 atom stereocenters. The standard InChI is InChI=1S/C43H56N8O11S/c1-5-26-18-43(26,40(56)49-63(58,59)28-12-13-28)48-37(53)31-17-27(62-41(57)50-20-25-11-14-32-34(29(25)22-50)61-23-60-32)21-51(31)39(55)35(42(2,3)4)47-38(54)33(24-9-7-6-8-10-24)46-36(52)30-19-44-15-16-45-30/h11,14-16,19,24,26-28,31,33,35H,5-10,12-13,17-18,20-23H2,1-4H3,(H,46,52)(H,47,54)(H,48,53)(H,49,56)/t26-,27+,31-,33-,35+,43-/m0/s1. The fourth-order valence-corrected chi connectivity index (χ4v) is 10.8. The van der Waals surface area contributed by atoms with Gasteiger partial charge in [0, 0.05) is 30.9 Å². The molecular weight excluding hydrogens is 837 g/mol. The van der Waals surface area contributed by atoms with Gasteiger partial charge in [-0.3, -0.25) is 38.6 Å². The van der Waals surface area contributed by atoms with Gasteiger partial charge in [0.15, 0.2) is 11.5 Å². The Morgan fingerprint density at radius 2 is 1.75 bits per heavy atom. The van der Waals surface area contributed by atoms with E-state index in [-0.39, 0.29) is 56.8 Å². The van der Waals surface area contributed by atoms with Crippen molar-refractivity contribution >= 4 is 45.7 Å². The van der Waals surface area contributed by atoms with Gasteiger partial charge in [-0.15, -0.1) is 0 Å². The highest BCUT2D eigenvalue weighted by atomic mass is 32.2. The van der Waals surface area contributed by atoms with Crippen LogP contribution in [0.2, 0.25) is 0 Å². The number of hydrogen-bond donors (Lipinski definition) is 4. The van der Waals surface area contributed by atoms with E-state index in [1.165, 1.54) is 28.4 Å². The number of benzene rings is 1. The molecule has 0 spiro atoms. The largest absolute Gasteiger partial charge is 0.454 e. The van der Waals surface area contributed by atoms with E-state index >= 15 is 4.79 Å². The molecule has 1 aromatic heterocycles. The van der Waals surface area contributed by atoms with E-state index in [0.717, 1.165) is 30.4 Å². The van der Waals surface area contributed by atoms with Crippen LogP contribution in [0.5, 0.6) is 11.5 Å². The number of fused-ring (bicyclic) bond motifs is 3. The highest BCUT2D eigenvalue weighted by Crippen LogP contribution is 2.47. The number of nitrogens with one attached hydrogen (secondary N) is 4.